The smallest absolute Gasteiger partial charge is 0.258 e. The van der Waals surface area contributed by atoms with Crippen LogP contribution in [0.2, 0.25) is 0 Å². The second-order valence-electron chi connectivity index (χ2n) is 6.33. The zero-order valence-electron chi connectivity index (χ0n) is 14.6. The van der Waals surface area contributed by atoms with Gasteiger partial charge >= 0.3 is 0 Å². The van der Waals surface area contributed by atoms with E-state index in [-0.39, 0.29) is 17.2 Å². The minimum absolute atomic E-state index is 0.0332. The molecule has 6 heteroatoms. The second-order valence-corrected chi connectivity index (χ2v) is 6.33. The zero-order valence-corrected chi connectivity index (χ0v) is 14.6. The Labute approximate surface area is 151 Å². The fraction of sp³-hybridized carbons (Fsp3) is 0.200. The molecule has 2 atom stereocenters. The van der Waals surface area contributed by atoms with Crippen LogP contribution in [-0.2, 0) is 4.79 Å². The van der Waals surface area contributed by atoms with Gasteiger partial charge in [0.25, 0.3) is 5.91 Å². The molecule has 0 bridgehead atoms. The van der Waals surface area contributed by atoms with Gasteiger partial charge in [0, 0.05) is 12.7 Å². The molecule has 0 radical (unpaired) electrons. The topological polar surface area (TPSA) is 66.6 Å². The van der Waals surface area contributed by atoms with E-state index in [1.165, 1.54) is 21.9 Å². The van der Waals surface area contributed by atoms with Crippen molar-refractivity contribution in [2.45, 2.75) is 19.1 Å². The molecule has 0 unspecified atom stereocenters. The van der Waals surface area contributed by atoms with Crippen molar-refractivity contribution < 1.29 is 14.0 Å². The van der Waals surface area contributed by atoms with Crippen molar-refractivity contribution in [1.82, 2.24) is 9.80 Å². The number of carbonyl (C=O) groups is 2. The lowest BCUT2D eigenvalue weighted by molar-refractivity contribution is -0.128. The van der Waals surface area contributed by atoms with Gasteiger partial charge in [-0.3, -0.25) is 9.59 Å². The number of carbonyl (C=O) groups excluding carboxylic acids is 2. The van der Waals surface area contributed by atoms with Gasteiger partial charge in [-0.2, -0.15) is 0 Å². The summed E-state index contributed by atoms with van der Waals surface area (Å²) in [7, 11) is 1.62. The average Bonchev–Trinajstić information content (AvgIpc) is 2.87. The summed E-state index contributed by atoms with van der Waals surface area (Å²) in [6, 6.07) is 12.2. The normalized spacial score (nSPS) is 19.7. The Morgan fingerprint density at radius 3 is 2.50 bits per heavy atom. The first-order valence-electron chi connectivity index (χ1n) is 8.21. The number of anilines is 1. The van der Waals surface area contributed by atoms with Crippen molar-refractivity contribution in [3.05, 3.63) is 72.1 Å². The summed E-state index contributed by atoms with van der Waals surface area (Å²) in [6.07, 6.45) is -0.671. The Hall–Kier alpha value is -3.15. The van der Waals surface area contributed by atoms with E-state index in [0.717, 1.165) is 11.6 Å². The van der Waals surface area contributed by atoms with E-state index in [1.54, 1.807) is 14.0 Å². The average molecular weight is 353 g/mol. The molecular weight excluding hydrogens is 333 g/mol. The number of nitrogen functional groups attached to an aromatic ring is 1. The van der Waals surface area contributed by atoms with Gasteiger partial charge in [-0.15, -0.1) is 0 Å². The summed E-state index contributed by atoms with van der Waals surface area (Å²) < 4.78 is 13.6. The molecule has 2 aromatic carbocycles. The molecule has 3 rings (SSSR count). The Kier molecular flexibility index (Phi) is 4.50. The van der Waals surface area contributed by atoms with E-state index >= 15 is 0 Å². The molecule has 1 heterocycles. The van der Waals surface area contributed by atoms with Gasteiger partial charge in [-0.05, 0) is 36.3 Å². The summed E-state index contributed by atoms with van der Waals surface area (Å²) in [5.41, 5.74) is 7.49. The fourth-order valence-corrected chi connectivity index (χ4v) is 3.28. The SMILES string of the molecule is C=C(c1ccccc1)[C@@H]1N(C)C(=O)[C@H](C)N1C(=O)c1cc(F)ccc1N. The highest BCUT2D eigenvalue weighted by Gasteiger charge is 2.46. The van der Waals surface area contributed by atoms with Crippen LogP contribution in [0.4, 0.5) is 10.1 Å². The van der Waals surface area contributed by atoms with Gasteiger partial charge in [0.05, 0.1) is 5.56 Å². The van der Waals surface area contributed by atoms with Crippen LogP contribution < -0.4 is 5.73 Å². The maximum atomic E-state index is 13.6. The number of nitrogens with two attached hydrogens (primary N) is 1. The molecule has 1 aliphatic rings. The van der Waals surface area contributed by atoms with Crippen LogP contribution >= 0.6 is 0 Å². The molecule has 0 spiro atoms. The van der Waals surface area contributed by atoms with Gasteiger partial charge in [0.2, 0.25) is 5.91 Å². The number of amides is 2. The highest BCUT2D eigenvalue weighted by Crippen LogP contribution is 2.32. The third-order valence-electron chi connectivity index (χ3n) is 4.69. The predicted molar refractivity (Wildman–Crippen MR) is 98.5 cm³/mol. The molecule has 1 aliphatic heterocycles. The van der Waals surface area contributed by atoms with E-state index in [2.05, 4.69) is 6.58 Å². The summed E-state index contributed by atoms with van der Waals surface area (Å²) in [4.78, 5) is 28.5. The van der Waals surface area contributed by atoms with Crippen molar-refractivity contribution in [3.8, 4) is 0 Å². The van der Waals surface area contributed by atoms with Crippen molar-refractivity contribution in [2.75, 3.05) is 12.8 Å². The van der Waals surface area contributed by atoms with E-state index in [4.69, 9.17) is 5.73 Å². The van der Waals surface area contributed by atoms with Gasteiger partial charge in [0.1, 0.15) is 18.0 Å². The van der Waals surface area contributed by atoms with Gasteiger partial charge in [-0.1, -0.05) is 36.9 Å². The summed E-state index contributed by atoms with van der Waals surface area (Å²) >= 11 is 0. The molecule has 0 saturated carbocycles. The molecule has 1 fully saturated rings. The van der Waals surface area contributed by atoms with Crippen LogP contribution in [0, 0.1) is 5.82 Å². The maximum Gasteiger partial charge on any atom is 0.258 e. The number of likely N-dealkylation sites (N-methyl/N-ethyl adjacent to an activating group) is 1. The van der Waals surface area contributed by atoms with Gasteiger partial charge < -0.3 is 15.5 Å². The van der Waals surface area contributed by atoms with Gasteiger partial charge in [0.15, 0.2) is 0 Å². The Morgan fingerprint density at radius 1 is 1.19 bits per heavy atom. The maximum absolute atomic E-state index is 13.6. The van der Waals surface area contributed by atoms with E-state index in [1.807, 2.05) is 30.3 Å². The van der Waals surface area contributed by atoms with Crippen LogP contribution in [-0.4, -0.2) is 40.9 Å². The molecule has 134 valence electrons. The Morgan fingerprint density at radius 2 is 1.85 bits per heavy atom. The van der Waals surface area contributed by atoms with Crippen LogP contribution in [0.15, 0.2) is 55.1 Å². The third kappa shape index (κ3) is 2.83. The zero-order chi connectivity index (χ0) is 19.0. The molecular formula is C20H20FN3O2. The number of hydrogen-bond acceptors (Lipinski definition) is 3. The van der Waals surface area contributed by atoms with Crippen LogP contribution in [0.1, 0.15) is 22.8 Å². The molecule has 0 aromatic heterocycles. The lowest BCUT2D eigenvalue weighted by atomic mass is 10.0. The second kappa shape index (κ2) is 6.63. The monoisotopic (exact) mass is 353 g/mol. The number of nitrogens with zero attached hydrogens (tertiary/aromatic N) is 2. The van der Waals surface area contributed by atoms with E-state index < -0.39 is 23.9 Å². The molecule has 5 nitrogen and oxygen atoms in total. The highest BCUT2D eigenvalue weighted by atomic mass is 19.1. The first-order valence-corrected chi connectivity index (χ1v) is 8.21. The standard InChI is InChI=1S/C20H20FN3O2/c1-12(14-7-5-4-6-8-14)18-23(3)19(25)13(2)24(18)20(26)16-11-15(21)9-10-17(16)22/h4-11,13,18H,1,22H2,2-3H3/t13-,18+/m0/s1. The fourth-order valence-electron chi connectivity index (χ4n) is 3.28. The number of halogens is 1. The molecule has 26 heavy (non-hydrogen) atoms. The van der Waals surface area contributed by atoms with Crippen LogP contribution in [0.3, 0.4) is 0 Å². The van der Waals surface area contributed by atoms with Crippen molar-refractivity contribution >= 4 is 23.1 Å². The molecule has 2 N–H and O–H groups in total. The Balaban J connectivity index is 2.05. The van der Waals surface area contributed by atoms with Gasteiger partial charge in [-0.25, -0.2) is 4.39 Å². The largest absolute Gasteiger partial charge is 0.398 e. The number of benzene rings is 2. The first-order chi connectivity index (χ1) is 12.3. The molecule has 0 aliphatic carbocycles. The lowest BCUT2D eigenvalue weighted by Gasteiger charge is -2.31. The van der Waals surface area contributed by atoms with E-state index in [0.29, 0.717) is 5.57 Å². The highest BCUT2D eigenvalue weighted by molar-refractivity contribution is 6.04. The quantitative estimate of drug-likeness (QED) is 0.863. The van der Waals surface area contributed by atoms with E-state index in [9.17, 15) is 14.0 Å². The van der Waals surface area contributed by atoms with Crippen molar-refractivity contribution in [3.63, 3.8) is 0 Å². The van der Waals surface area contributed by atoms with Crippen molar-refractivity contribution in [1.29, 1.82) is 0 Å². The minimum Gasteiger partial charge on any atom is -0.398 e. The third-order valence-corrected chi connectivity index (χ3v) is 4.69. The number of rotatable bonds is 3. The molecule has 2 amide bonds. The van der Waals surface area contributed by atoms with Crippen molar-refractivity contribution in [2.24, 2.45) is 0 Å². The molecule has 2 aromatic rings. The number of hydrogen-bond donors (Lipinski definition) is 1. The van der Waals surface area contributed by atoms with Crippen LogP contribution in [0.5, 0.6) is 0 Å². The first kappa shape index (κ1) is 17.7. The molecule has 1 saturated heterocycles. The summed E-state index contributed by atoms with van der Waals surface area (Å²) in [5, 5.41) is 0. The van der Waals surface area contributed by atoms with Crippen LogP contribution in [0.25, 0.3) is 5.57 Å². The summed E-state index contributed by atoms with van der Waals surface area (Å²) in [6.45, 7) is 5.74. The lowest BCUT2D eigenvalue weighted by Crippen LogP contribution is -2.44. The Bertz CT molecular complexity index is 882. The minimum atomic E-state index is -0.708. The summed E-state index contributed by atoms with van der Waals surface area (Å²) in [5.74, 6) is -1.28. The predicted octanol–water partition coefficient (Wildman–Crippen LogP) is 2.75.